The smallest absolute Gasteiger partial charge is 0.146 e. The number of nitrogens with zero attached hydrogens (tertiary/aromatic N) is 2. The lowest BCUT2D eigenvalue weighted by Gasteiger charge is -2.38. The summed E-state index contributed by atoms with van der Waals surface area (Å²) < 4.78 is 0. The molecule has 5 aromatic carbocycles. The number of fused-ring (bicyclic) bond motifs is 4. The highest BCUT2D eigenvalue weighted by atomic mass is 28.3. The summed E-state index contributed by atoms with van der Waals surface area (Å²) in [6.45, 7) is 28.5. The van der Waals surface area contributed by atoms with Gasteiger partial charge < -0.3 is 0 Å². The molecule has 48 heavy (non-hydrogen) atoms. The Hall–Kier alpha value is -3.71. The molecule has 0 aliphatic carbocycles. The van der Waals surface area contributed by atoms with Crippen LogP contribution in [0.25, 0.3) is 54.4 Å². The Kier molecular flexibility index (Phi) is 8.99. The fraction of sp³-hybridized carbons (Fsp3) is 0.409. The molecule has 0 aliphatic heterocycles. The van der Waals surface area contributed by atoms with E-state index in [1.165, 1.54) is 21.5 Å². The zero-order valence-electron chi connectivity index (χ0n) is 31.1. The highest BCUT2D eigenvalue weighted by Crippen LogP contribution is 2.43. The summed E-state index contributed by atoms with van der Waals surface area (Å²) in [6, 6.07) is 22.0. The van der Waals surface area contributed by atoms with Crippen molar-refractivity contribution in [2.75, 3.05) is 0 Å². The highest BCUT2D eigenvalue weighted by molar-refractivity contribution is 6.91. The van der Waals surface area contributed by atoms with Crippen molar-refractivity contribution in [3.63, 3.8) is 0 Å². The van der Waals surface area contributed by atoms with Gasteiger partial charge in [-0.05, 0) is 66.9 Å². The summed E-state index contributed by atoms with van der Waals surface area (Å²) in [5.74, 6) is 7.53. The second-order valence-electron chi connectivity index (χ2n) is 15.9. The third kappa shape index (κ3) is 5.15. The number of benzene rings is 5. The molecule has 0 N–H and O–H groups in total. The molecule has 0 aliphatic rings. The first-order valence-corrected chi connectivity index (χ1v) is 22.6. The Morgan fingerprint density at radius 3 is 1.06 bits per heavy atom. The molecule has 1 aromatic heterocycles. The molecule has 0 spiro atoms. The van der Waals surface area contributed by atoms with Crippen LogP contribution in [0.3, 0.4) is 0 Å². The monoisotopic (exact) mass is 664 g/mol. The van der Waals surface area contributed by atoms with Crippen LogP contribution >= 0.6 is 0 Å². The Balaban J connectivity index is 1.76. The van der Waals surface area contributed by atoms with Crippen molar-refractivity contribution in [3.05, 3.63) is 71.8 Å². The lowest BCUT2D eigenvalue weighted by atomic mass is 9.92. The quantitative estimate of drug-likeness (QED) is 0.0766. The van der Waals surface area contributed by atoms with Crippen LogP contribution in [0.2, 0.25) is 33.2 Å². The Labute approximate surface area is 290 Å². The lowest BCUT2D eigenvalue weighted by Crippen LogP contribution is -2.43. The minimum atomic E-state index is -1.97. The molecule has 2 nitrogen and oxygen atoms in total. The maximum absolute atomic E-state index is 5.57. The molecule has 0 atom stereocenters. The van der Waals surface area contributed by atoms with Crippen LogP contribution in [0.5, 0.6) is 0 Å². The molecular weight excluding hydrogens is 613 g/mol. The fourth-order valence-corrected chi connectivity index (χ4v) is 19.9. The summed E-state index contributed by atoms with van der Waals surface area (Å²) in [4.78, 5) is 11.1. The molecule has 0 unspecified atom stereocenters. The number of aromatic nitrogens is 2. The molecule has 6 rings (SSSR count). The zero-order valence-corrected chi connectivity index (χ0v) is 33.1. The molecular formula is C44H52N2Si2. The molecule has 1 heterocycles. The van der Waals surface area contributed by atoms with E-state index in [1.54, 1.807) is 0 Å². The Bertz CT molecular complexity index is 2080. The summed E-state index contributed by atoms with van der Waals surface area (Å²) in [7, 11) is -3.94. The molecule has 0 bridgehead atoms. The maximum atomic E-state index is 5.57. The summed E-state index contributed by atoms with van der Waals surface area (Å²) in [5.41, 5.74) is 16.9. The van der Waals surface area contributed by atoms with Crippen LogP contribution in [0.4, 0.5) is 0 Å². The van der Waals surface area contributed by atoms with Gasteiger partial charge in [0.1, 0.15) is 27.2 Å². The average molecular weight is 665 g/mol. The van der Waals surface area contributed by atoms with Gasteiger partial charge in [0.05, 0.1) is 22.2 Å². The maximum Gasteiger partial charge on any atom is 0.146 e. The number of hydrogen-bond donors (Lipinski definition) is 0. The van der Waals surface area contributed by atoms with Gasteiger partial charge in [-0.25, -0.2) is 9.97 Å². The normalized spacial score (nSPS) is 13.0. The fourth-order valence-electron chi connectivity index (χ4n) is 9.48. The minimum Gasteiger partial charge on any atom is -0.242 e. The van der Waals surface area contributed by atoms with Gasteiger partial charge in [-0.15, -0.1) is 11.1 Å². The topological polar surface area (TPSA) is 25.8 Å². The third-order valence-corrected chi connectivity index (χ3v) is 24.4. The first kappa shape index (κ1) is 34.2. The van der Waals surface area contributed by atoms with Gasteiger partial charge >= 0.3 is 0 Å². The Morgan fingerprint density at radius 1 is 0.417 bits per heavy atom. The van der Waals surface area contributed by atoms with E-state index >= 15 is 0 Å². The predicted octanol–water partition coefficient (Wildman–Crippen LogP) is 12.8. The molecule has 0 radical (unpaired) electrons. The molecule has 0 saturated heterocycles. The van der Waals surface area contributed by atoms with Crippen molar-refractivity contribution in [1.29, 1.82) is 0 Å². The van der Waals surface area contributed by atoms with Gasteiger partial charge in [0.25, 0.3) is 0 Å². The number of rotatable bonds is 6. The van der Waals surface area contributed by atoms with Crippen molar-refractivity contribution in [2.45, 2.75) is 116 Å². The van der Waals surface area contributed by atoms with E-state index in [-0.39, 0.29) is 0 Å². The van der Waals surface area contributed by atoms with Crippen molar-refractivity contribution in [1.82, 2.24) is 9.97 Å². The van der Waals surface area contributed by atoms with E-state index in [0.717, 1.165) is 44.0 Å². The predicted molar refractivity (Wildman–Crippen MR) is 217 cm³/mol. The van der Waals surface area contributed by atoms with E-state index in [9.17, 15) is 0 Å². The van der Waals surface area contributed by atoms with Gasteiger partial charge in [0.2, 0.25) is 0 Å². The van der Waals surface area contributed by atoms with Crippen LogP contribution in [-0.2, 0) is 0 Å². The zero-order chi connectivity index (χ0) is 34.7. The second-order valence-corrected chi connectivity index (χ2v) is 27.1. The van der Waals surface area contributed by atoms with Gasteiger partial charge in [0, 0.05) is 10.8 Å². The van der Waals surface area contributed by atoms with Crippen LogP contribution in [0, 0.1) is 22.9 Å². The first-order chi connectivity index (χ1) is 22.7. The highest BCUT2D eigenvalue weighted by Gasteiger charge is 2.42. The van der Waals surface area contributed by atoms with Crippen LogP contribution < -0.4 is 0 Å². The molecule has 0 amide bonds. The van der Waals surface area contributed by atoms with E-state index in [1.807, 2.05) is 0 Å². The van der Waals surface area contributed by atoms with E-state index in [2.05, 4.69) is 167 Å². The van der Waals surface area contributed by atoms with Crippen LogP contribution in [0.15, 0.2) is 60.7 Å². The molecule has 0 saturated carbocycles. The van der Waals surface area contributed by atoms with Crippen LogP contribution in [-0.4, -0.2) is 26.1 Å². The van der Waals surface area contributed by atoms with Gasteiger partial charge in [-0.3, -0.25) is 0 Å². The summed E-state index contributed by atoms with van der Waals surface area (Å²) in [5, 5.41) is 7.30. The van der Waals surface area contributed by atoms with E-state index in [0.29, 0.717) is 33.2 Å². The van der Waals surface area contributed by atoms with Crippen LogP contribution in [0.1, 0.15) is 94.2 Å². The van der Waals surface area contributed by atoms with Gasteiger partial charge in [0.15, 0.2) is 0 Å². The SMILES string of the molecule is CC(C)[Si](C#Cc1ccc(C#C[Si](C(C)C)(C(C)C)C(C)C)c2nc3c4cccc5ccc6cccc(c3nc12)c6c54)(C(C)C)C(C)C. The standard InChI is InChI=1S/C44H52N2Si2/c1-27(2)47(28(3)4,29(5)6)25-23-35-21-22-36(24-26-48(30(7)8,31(9)10)32(11)12)42-41(35)45-43-37-17-13-15-33-19-20-34-16-14-18-38(44(43)46-42)40(34)39(33)37/h13-22,27-32H,1-12H3. The minimum absolute atomic E-state index is 0.552. The largest absolute Gasteiger partial charge is 0.242 e. The summed E-state index contributed by atoms with van der Waals surface area (Å²) >= 11 is 0. The van der Waals surface area contributed by atoms with Crippen molar-refractivity contribution >= 4 is 70.5 Å². The first-order valence-electron chi connectivity index (χ1n) is 18.1. The molecule has 0 fully saturated rings. The van der Waals surface area contributed by atoms with Crippen molar-refractivity contribution < 1.29 is 0 Å². The average Bonchev–Trinajstić information content (AvgIpc) is 3.03. The molecule has 246 valence electrons. The Morgan fingerprint density at radius 2 is 0.750 bits per heavy atom. The van der Waals surface area contributed by atoms with E-state index < -0.39 is 16.1 Å². The second kappa shape index (κ2) is 12.6. The third-order valence-electron chi connectivity index (χ3n) is 11.8. The molecule has 6 aromatic rings. The van der Waals surface area contributed by atoms with Gasteiger partial charge in [-0.1, -0.05) is 143 Å². The van der Waals surface area contributed by atoms with Crippen molar-refractivity contribution in [3.8, 4) is 22.9 Å². The summed E-state index contributed by atoms with van der Waals surface area (Å²) in [6.07, 6.45) is 0. The lowest BCUT2D eigenvalue weighted by molar-refractivity contribution is 0.838. The van der Waals surface area contributed by atoms with E-state index in [4.69, 9.17) is 9.97 Å². The molecule has 4 heteroatoms. The number of hydrogen-bond acceptors (Lipinski definition) is 2. The van der Waals surface area contributed by atoms with Gasteiger partial charge in [-0.2, -0.15) is 0 Å². The van der Waals surface area contributed by atoms with Crippen molar-refractivity contribution in [2.24, 2.45) is 0 Å².